The second-order valence-electron chi connectivity index (χ2n) is 10.9. The summed E-state index contributed by atoms with van der Waals surface area (Å²) in [7, 11) is 0. The van der Waals surface area contributed by atoms with E-state index in [1.807, 2.05) is 19.1 Å². The van der Waals surface area contributed by atoms with E-state index in [9.17, 15) is 19.7 Å². The summed E-state index contributed by atoms with van der Waals surface area (Å²) in [6, 6.07) is 13.3. The quantitative estimate of drug-likeness (QED) is 0.232. The molecule has 0 fully saturated rings. The molecule has 2 aliphatic rings. The number of esters is 1. The monoisotopic (exact) mass is 557 g/mol. The van der Waals surface area contributed by atoms with E-state index in [0.717, 1.165) is 11.3 Å². The van der Waals surface area contributed by atoms with Crippen molar-refractivity contribution in [3.8, 4) is 11.4 Å². The Labute approximate surface area is 237 Å². The lowest BCUT2D eigenvalue weighted by atomic mass is 9.68. The molecule has 1 aliphatic carbocycles. The number of nitro benzene ring substituents is 1. The third-order valence-corrected chi connectivity index (χ3v) is 7.20. The minimum Gasteiger partial charge on any atom is -0.487 e. The number of benzene rings is 2. The number of nitro groups is 1. The fourth-order valence-electron chi connectivity index (χ4n) is 5.38. The Morgan fingerprint density at radius 1 is 1.15 bits per heavy atom. The number of dihydropyridines is 1. The molecule has 0 bridgehead atoms. The number of allylic oxidation sites excluding steroid dienone is 3. The summed E-state index contributed by atoms with van der Waals surface area (Å²) >= 11 is 0. The average molecular weight is 558 g/mol. The van der Waals surface area contributed by atoms with Crippen molar-refractivity contribution in [3.05, 3.63) is 98.6 Å². The summed E-state index contributed by atoms with van der Waals surface area (Å²) in [5.41, 5.74) is 4.43. The highest BCUT2D eigenvalue weighted by Crippen LogP contribution is 2.47. The first-order valence-electron chi connectivity index (χ1n) is 13.4. The molecule has 2 heterocycles. The van der Waals surface area contributed by atoms with Crippen LogP contribution in [-0.4, -0.2) is 38.3 Å². The number of non-ortho nitro benzene ring substituents is 1. The van der Waals surface area contributed by atoms with Gasteiger partial charge in [-0.3, -0.25) is 14.9 Å². The Morgan fingerprint density at radius 2 is 1.85 bits per heavy atom. The maximum atomic E-state index is 13.4. The van der Waals surface area contributed by atoms with E-state index >= 15 is 0 Å². The number of Topliss-reactive ketones (excluding diaryl/α,β-unsaturated/α-hetero) is 1. The first kappa shape index (κ1) is 27.8. The molecule has 1 atom stereocenters. The van der Waals surface area contributed by atoms with Gasteiger partial charge in [0.15, 0.2) is 5.78 Å². The van der Waals surface area contributed by atoms with Crippen molar-refractivity contribution in [1.82, 2.24) is 20.3 Å². The van der Waals surface area contributed by atoms with Crippen LogP contribution in [0.1, 0.15) is 57.7 Å². The third kappa shape index (κ3) is 5.74. The van der Waals surface area contributed by atoms with E-state index in [1.54, 1.807) is 37.4 Å². The molecule has 0 radical (unpaired) electrons. The molecule has 1 N–H and O–H groups in total. The van der Waals surface area contributed by atoms with E-state index in [2.05, 4.69) is 29.5 Å². The van der Waals surface area contributed by atoms with Gasteiger partial charge in [0.25, 0.3) is 5.69 Å². The first-order valence-corrected chi connectivity index (χ1v) is 13.4. The van der Waals surface area contributed by atoms with Crippen molar-refractivity contribution in [2.24, 2.45) is 5.41 Å². The van der Waals surface area contributed by atoms with Crippen molar-refractivity contribution < 1.29 is 24.0 Å². The van der Waals surface area contributed by atoms with Crippen LogP contribution < -0.4 is 10.1 Å². The van der Waals surface area contributed by atoms with Crippen molar-refractivity contribution >= 4 is 17.4 Å². The summed E-state index contributed by atoms with van der Waals surface area (Å²) in [5.74, 6) is -0.372. The number of carbonyl (C=O) groups is 2. The topological polar surface area (TPSA) is 138 Å². The minimum atomic E-state index is -0.537. The Balaban J connectivity index is 1.35. The lowest BCUT2D eigenvalue weighted by Crippen LogP contribution is -2.38. The second kappa shape index (κ2) is 11.0. The largest absolute Gasteiger partial charge is 0.487 e. The summed E-state index contributed by atoms with van der Waals surface area (Å²) < 4.78 is 12.8. The van der Waals surface area contributed by atoms with Gasteiger partial charge in [0.2, 0.25) is 0 Å². The van der Waals surface area contributed by atoms with Gasteiger partial charge >= 0.3 is 5.97 Å². The van der Waals surface area contributed by atoms with Crippen molar-refractivity contribution in [2.75, 3.05) is 6.61 Å². The molecule has 212 valence electrons. The minimum absolute atomic E-state index is 0.00501. The number of hydrogen-bond donors (Lipinski definition) is 1. The van der Waals surface area contributed by atoms with E-state index in [-0.39, 0.29) is 30.1 Å². The molecular formula is C30H31N5O6. The summed E-state index contributed by atoms with van der Waals surface area (Å²) in [6.45, 7) is 8.13. The number of ether oxygens (including phenoxy) is 2. The van der Waals surface area contributed by atoms with Crippen LogP contribution in [0, 0.1) is 15.5 Å². The van der Waals surface area contributed by atoms with Crippen LogP contribution in [0.2, 0.25) is 0 Å². The molecule has 0 saturated heterocycles. The van der Waals surface area contributed by atoms with Crippen LogP contribution in [0.5, 0.6) is 5.75 Å². The van der Waals surface area contributed by atoms with E-state index in [4.69, 9.17) is 9.47 Å². The summed E-state index contributed by atoms with van der Waals surface area (Å²) in [4.78, 5) is 36.9. The zero-order valence-electron chi connectivity index (χ0n) is 23.3. The maximum Gasteiger partial charge on any atom is 0.336 e. The van der Waals surface area contributed by atoms with Crippen LogP contribution >= 0.6 is 0 Å². The van der Waals surface area contributed by atoms with Gasteiger partial charge in [-0.1, -0.05) is 31.2 Å². The van der Waals surface area contributed by atoms with Crippen LogP contribution in [0.3, 0.4) is 0 Å². The molecule has 1 aliphatic heterocycles. The summed E-state index contributed by atoms with van der Waals surface area (Å²) in [6.07, 6.45) is 2.80. The molecule has 0 saturated carbocycles. The van der Waals surface area contributed by atoms with Crippen LogP contribution in [-0.2, 0) is 20.9 Å². The zero-order valence-corrected chi connectivity index (χ0v) is 23.3. The molecule has 0 amide bonds. The molecule has 5 rings (SSSR count). The third-order valence-electron chi connectivity index (χ3n) is 7.20. The van der Waals surface area contributed by atoms with Gasteiger partial charge in [-0.2, -0.15) is 0 Å². The lowest BCUT2D eigenvalue weighted by molar-refractivity contribution is -0.384. The fraction of sp³-hybridized carbons (Fsp3) is 0.333. The number of nitrogens with zero attached hydrogens (tertiary/aromatic N) is 4. The number of hydrogen-bond acceptors (Lipinski definition) is 9. The second-order valence-corrected chi connectivity index (χ2v) is 10.9. The van der Waals surface area contributed by atoms with Crippen LogP contribution in [0.25, 0.3) is 5.69 Å². The first-order chi connectivity index (χ1) is 19.6. The standard InChI is InChI=1S/C30H31N5O6/c1-5-40-29(37)26-18(2)31-24-14-30(3,4)15-25(36)28(24)27(26)19-6-12-23(13-7-19)41-17-20-16-34(33-32-20)21-8-10-22(11-9-21)35(38)39/h6-13,16,27,31H,5,14-15,17H2,1-4H3. The highest BCUT2D eigenvalue weighted by Gasteiger charge is 2.43. The molecular weight excluding hydrogens is 526 g/mol. The number of aromatic nitrogens is 3. The number of carbonyl (C=O) groups excluding carboxylic acids is 2. The Morgan fingerprint density at radius 3 is 2.51 bits per heavy atom. The average Bonchev–Trinajstić information content (AvgIpc) is 3.40. The molecule has 2 aromatic carbocycles. The van der Waals surface area contributed by atoms with Gasteiger partial charge in [-0.05, 0) is 55.5 Å². The Hall–Kier alpha value is -4.80. The SMILES string of the molecule is CCOC(=O)C1=C(C)NC2=C(C(=O)CC(C)(C)C2)C1c1ccc(OCc2cn(-c3ccc([N+](=O)[O-])cc3)nn2)cc1. The van der Waals surface area contributed by atoms with Crippen LogP contribution in [0.15, 0.2) is 77.3 Å². The Kier molecular flexibility index (Phi) is 7.44. The van der Waals surface area contributed by atoms with E-state index in [0.29, 0.717) is 46.8 Å². The van der Waals surface area contributed by atoms with Gasteiger partial charge in [-0.25, -0.2) is 9.48 Å². The smallest absolute Gasteiger partial charge is 0.336 e. The van der Waals surface area contributed by atoms with Gasteiger partial charge in [0.05, 0.1) is 29.0 Å². The molecule has 41 heavy (non-hydrogen) atoms. The Bertz CT molecular complexity index is 1570. The predicted molar refractivity (Wildman–Crippen MR) is 149 cm³/mol. The number of ketones is 1. The molecule has 1 aromatic heterocycles. The fourth-order valence-corrected chi connectivity index (χ4v) is 5.38. The van der Waals surface area contributed by atoms with E-state index < -0.39 is 16.8 Å². The lowest BCUT2D eigenvalue weighted by Gasteiger charge is -2.39. The highest BCUT2D eigenvalue weighted by molar-refractivity contribution is 6.04. The molecule has 3 aromatic rings. The normalized spacial score (nSPS) is 18.0. The van der Waals surface area contributed by atoms with E-state index in [1.165, 1.54) is 16.8 Å². The molecule has 11 nitrogen and oxygen atoms in total. The number of rotatable bonds is 8. The molecule has 11 heteroatoms. The van der Waals surface area contributed by atoms with Crippen molar-refractivity contribution in [1.29, 1.82) is 0 Å². The van der Waals surface area contributed by atoms with Crippen molar-refractivity contribution in [2.45, 2.75) is 53.1 Å². The van der Waals surface area contributed by atoms with Gasteiger partial charge in [0.1, 0.15) is 18.1 Å². The number of nitrogens with one attached hydrogen (secondary N) is 1. The summed E-state index contributed by atoms with van der Waals surface area (Å²) in [5, 5.41) is 22.4. The maximum absolute atomic E-state index is 13.4. The highest BCUT2D eigenvalue weighted by atomic mass is 16.6. The predicted octanol–water partition coefficient (Wildman–Crippen LogP) is 4.92. The van der Waals surface area contributed by atoms with Gasteiger partial charge < -0.3 is 14.8 Å². The van der Waals surface area contributed by atoms with Gasteiger partial charge in [0, 0.05) is 41.4 Å². The molecule has 1 unspecified atom stereocenters. The van der Waals surface area contributed by atoms with Gasteiger partial charge in [-0.15, -0.1) is 5.10 Å². The molecule has 0 spiro atoms. The van der Waals surface area contributed by atoms with Crippen molar-refractivity contribution in [3.63, 3.8) is 0 Å². The van der Waals surface area contributed by atoms with Crippen LogP contribution in [0.4, 0.5) is 5.69 Å². The zero-order chi connectivity index (χ0) is 29.3.